The van der Waals surface area contributed by atoms with E-state index in [1.165, 1.54) is 0 Å². The van der Waals surface area contributed by atoms with Crippen molar-refractivity contribution in [3.8, 4) is 0 Å². The van der Waals surface area contributed by atoms with Gasteiger partial charge in [0.05, 0.1) is 12.9 Å². The van der Waals surface area contributed by atoms with Crippen molar-refractivity contribution in [2.75, 3.05) is 0 Å². The molecule has 0 saturated carbocycles. The minimum Gasteiger partial charge on any atom is -0.0750 e. The normalized spacial score (nSPS) is 12.3. The Bertz CT molecular complexity index is 609. The van der Waals surface area contributed by atoms with Crippen molar-refractivity contribution < 1.29 is 0 Å². The summed E-state index contributed by atoms with van der Waals surface area (Å²) in [5.41, 5.74) is 1.88. The van der Waals surface area contributed by atoms with Gasteiger partial charge >= 0.3 is 0 Å². The van der Waals surface area contributed by atoms with Crippen molar-refractivity contribution in [2.45, 2.75) is 12.9 Å². The second kappa shape index (κ2) is 8.98. The van der Waals surface area contributed by atoms with E-state index in [0.29, 0.717) is 0 Å². The molecule has 0 fully saturated rings. The van der Waals surface area contributed by atoms with Crippen molar-refractivity contribution in [1.29, 1.82) is 0 Å². The van der Waals surface area contributed by atoms with Crippen LogP contribution in [0.4, 0.5) is 0 Å². The first kappa shape index (κ1) is 21.6. The number of hydrogen-bond acceptors (Lipinski definition) is 0. The van der Waals surface area contributed by atoms with E-state index in [-0.39, 0.29) is 7.47 Å². The molecule has 0 saturated heterocycles. The summed E-state index contributed by atoms with van der Waals surface area (Å²) >= 11 is 29.4. The first-order valence-corrected chi connectivity index (χ1v) is 13.0. The second-order valence-electron chi connectivity index (χ2n) is 4.79. The molecular weight excluding hydrogens is 819 g/mol. The zero-order valence-corrected chi connectivity index (χ0v) is 23.8. The standard InChI is InChI=1S/C15H8Br8/c16-9-1-7(2-10(17)5-9)15(13(20)21,14(22)23)8-3-11(18)6-12(19)4-8/h1-6,13-14H. The lowest BCUT2D eigenvalue weighted by Gasteiger charge is -2.39. The van der Waals surface area contributed by atoms with Gasteiger partial charge < -0.3 is 0 Å². The molecule has 23 heavy (non-hydrogen) atoms. The Kier molecular flexibility index (Phi) is 8.42. The van der Waals surface area contributed by atoms with Crippen LogP contribution in [0.3, 0.4) is 0 Å². The zero-order chi connectivity index (χ0) is 17.4. The first-order valence-electron chi connectivity index (χ1n) is 6.17. The summed E-state index contributed by atoms with van der Waals surface area (Å²) in [5.74, 6) is 0. The van der Waals surface area contributed by atoms with Crippen LogP contribution in [0.5, 0.6) is 0 Å². The molecular formula is C15H8Br8. The topological polar surface area (TPSA) is 0 Å². The number of hydrogen-bond donors (Lipinski definition) is 0. The van der Waals surface area contributed by atoms with E-state index in [9.17, 15) is 0 Å². The van der Waals surface area contributed by atoms with Gasteiger partial charge in [0.1, 0.15) is 0 Å². The number of alkyl halides is 4. The summed E-state index contributed by atoms with van der Waals surface area (Å²) in [5, 5.41) is 0. The number of benzene rings is 2. The molecule has 0 nitrogen and oxygen atoms in total. The molecule has 2 aromatic rings. The number of rotatable bonds is 4. The Hall–Kier alpha value is 2.28. The average Bonchev–Trinajstić information content (AvgIpc) is 2.35. The molecule has 0 aliphatic heterocycles. The lowest BCUT2D eigenvalue weighted by Crippen LogP contribution is -2.40. The van der Waals surface area contributed by atoms with Crippen molar-refractivity contribution in [3.05, 3.63) is 65.4 Å². The first-order chi connectivity index (χ1) is 10.7. The second-order valence-corrected chi connectivity index (χ2v) is 14.6. The van der Waals surface area contributed by atoms with E-state index >= 15 is 0 Å². The predicted molar refractivity (Wildman–Crippen MR) is 128 cm³/mol. The van der Waals surface area contributed by atoms with Gasteiger partial charge in [-0.2, -0.15) is 0 Å². The largest absolute Gasteiger partial charge is 0.0853 e. The Morgan fingerprint density at radius 3 is 1.00 bits per heavy atom. The van der Waals surface area contributed by atoms with Crippen LogP contribution in [0.25, 0.3) is 0 Å². The van der Waals surface area contributed by atoms with Crippen molar-refractivity contribution in [1.82, 2.24) is 0 Å². The quantitative estimate of drug-likeness (QED) is 0.270. The molecule has 0 unspecified atom stereocenters. The minimum atomic E-state index is -0.404. The number of halogens is 8. The Morgan fingerprint density at radius 1 is 0.522 bits per heavy atom. The maximum atomic E-state index is 3.77. The van der Waals surface area contributed by atoms with E-state index in [1.54, 1.807) is 0 Å². The Labute approximate surface area is 203 Å². The molecule has 0 radical (unpaired) electrons. The maximum Gasteiger partial charge on any atom is 0.0853 e. The summed E-state index contributed by atoms with van der Waals surface area (Å²) in [4.78, 5) is 0. The highest BCUT2D eigenvalue weighted by Gasteiger charge is 2.45. The molecule has 0 aliphatic rings. The molecule has 0 bridgehead atoms. The smallest absolute Gasteiger partial charge is 0.0750 e. The summed E-state index contributed by atoms with van der Waals surface area (Å²) in [6.45, 7) is 0. The van der Waals surface area contributed by atoms with Gasteiger partial charge in [-0.05, 0) is 47.5 Å². The molecule has 0 amide bonds. The van der Waals surface area contributed by atoms with Crippen LogP contribution in [0.2, 0.25) is 0 Å². The van der Waals surface area contributed by atoms with E-state index in [4.69, 9.17) is 0 Å². The molecule has 2 rings (SSSR count). The van der Waals surface area contributed by atoms with Crippen LogP contribution in [0.15, 0.2) is 54.3 Å². The lowest BCUT2D eigenvalue weighted by molar-refractivity contribution is 0.635. The highest BCUT2D eigenvalue weighted by molar-refractivity contribution is 9.25. The molecule has 0 N–H and O–H groups in total. The van der Waals surface area contributed by atoms with Gasteiger partial charge in [0.2, 0.25) is 0 Å². The van der Waals surface area contributed by atoms with Gasteiger partial charge in [-0.25, -0.2) is 0 Å². The maximum absolute atomic E-state index is 3.77. The van der Waals surface area contributed by atoms with Crippen LogP contribution in [-0.4, -0.2) is 7.47 Å². The monoisotopic (exact) mass is 819 g/mol. The average molecular weight is 827 g/mol. The molecule has 0 spiro atoms. The van der Waals surface area contributed by atoms with Gasteiger partial charge in [-0.1, -0.05) is 127 Å². The highest BCUT2D eigenvalue weighted by atomic mass is 79.9. The van der Waals surface area contributed by atoms with Gasteiger partial charge in [-0.15, -0.1) is 0 Å². The third-order valence-corrected chi connectivity index (χ3v) is 8.09. The molecule has 124 valence electrons. The van der Waals surface area contributed by atoms with Crippen LogP contribution in [0.1, 0.15) is 11.1 Å². The van der Waals surface area contributed by atoms with Gasteiger partial charge in [-0.3, -0.25) is 0 Å². The van der Waals surface area contributed by atoms with Gasteiger partial charge in [0, 0.05) is 17.9 Å². The molecule has 2 aromatic carbocycles. The van der Waals surface area contributed by atoms with Crippen LogP contribution < -0.4 is 0 Å². The predicted octanol–water partition coefficient (Wildman–Crippen LogP) is 9.25. The lowest BCUT2D eigenvalue weighted by atomic mass is 9.78. The van der Waals surface area contributed by atoms with Crippen molar-refractivity contribution >= 4 is 127 Å². The third-order valence-electron chi connectivity index (χ3n) is 3.37. The summed E-state index contributed by atoms with van der Waals surface area (Å²) in [6, 6.07) is 12.6. The summed E-state index contributed by atoms with van der Waals surface area (Å²) in [7, 11) is 0. The van der Waals surface area contributed by atoms with Crippen LogP contribution in [-0.2, 0) is 5.41 Å². The summed E-state index contributed by atoms with van der Waals surface area (Å²) < 4.78 is 4.02. The van der Waals surface area contributed by atoms with Crippen LogP contribution in [0, 0.1) is 0 Å². The van der Waals surface area contributed by atoms with Gasteiger partial charge in [0.25, 0.3) is 0 Å². The highest BCUT2D eigenvalue weighted by Crippen LogP contribution is 2.51. The molecule has 0 heterocycles. The van der Waals surface area contributed by atoms with Gasteiger partial charge in [0.15, 0.2) is 0 Å². The minimum absolute atomic E-state index is 0.0198. The Balaban J connectivity index is 2.84. The Morgan fingerprint density at radius 2 is 0.783 bits per heavy atom. The molecule has 8 heteroatoms. The van der Waals surface area contributed by atoms with E-state index in [1.807, 2.05) is 12.1 Å². The zero-order valence-electron chi connectivity index (χ0n) is 11.1. The fourth-order valence-electron chi connectivity index (χ4n) is 2.35. The van der Waals surface area contributed by atoms with Crippen molar-refractivity contribution in [2.24, 2.45) is 0 Å². The van der Waals surface area contributed by atoms with Crippen molar-refractivity contribution in [3.63, 3.8) is 0 Å². The fraction of sp³-hybridized carbons (Fsp3) is 0.200. The van der Waals surface area contributed by atoms with E-state index in [0.717, 1.165) is 29.0 Å². The SMILES string of the molecule is Brc1cc(Br)cc(C(c2cc(Br)cc(Br)c2)(C(Br)Br)C(Br)Br)c1. The molecule has 0 atom stereocenters. The summed E-state index contributed by atoms with van der Waals surface area (Å²) in [6.07, 6.45) is 0. The third kappa shape index (κ3) is 4.77. The van der Waals surface area contributed by atoms with Crippen LogP contribution >= 0.6 is 127 Å². The molecule has 0 aliphatic carbocycles. The van der Waals surface area contributed by atoms with E-state index < -0.39 is 5.41 Å². The van der Waals surface area contributed by atoms with E-state index in [2.05, 4.69) is 152 Å². The molecule has 0 aromatic heterocycles. The fourth-order valence-corrected chi connectivity index (χ4v) is 9.53.